The fourth-order valence-electron chi connectivity index (χ4n) is 16.4. The molecule has 5 aliphatic rings. The number of phenolic OH excluding ortho intramolecular Hbond substituents is 3. The van der Waals surface area contributed by atoms with E-state index in [1.165, 1.54) is 49.9 Å². The third-order valence-corrected chi connectivity index (χ3v) is 28.7. The largest absolute Gasteiger partial charge is 0.508 e. The molecule has 17 rings (SSSR count). The van der Waals surface area contributed by atoms with Gasteiger partial charge in [0.2, 0.25) is 0 Å². The first-order valence-corrected chi connectivity index (χ1v) is 54.7. The van der Waals surface area contributed by atoms with Crippen LogP contribution in [0.5, 0.6) is 46.0 Å². The lowest BCUT2D eigenvalue weighted by atomic mass is 9.84. The number of ether oxygens (including phenoxy) is 15. The third kappa shape index (κ3) is 35.5. The van der Waals surface area contributed by atoms with E-state index in [4.69, 9.17) is 86.4 Å². The Morgan fingerprint density at radius 3 is 0.898 bits per heavy atom. The first kappa shape index (κ1) is 117. The Morgan fingerprint density at radius 1 is 0.306 bits per heavy atom. The summed E-state index contributed by atoms with van der Waals surface area (Å²) in [6, 6.07) is 72.8. The van der Waals surface area contributed by atoms with E-state index >= 15 is 0 Å². The highest BCUT2D eigenvalue weighted by atomic mass is 79.9. The average Bonchev–Trinajstić information content (AvgIpc) is 0.762. The van der Waals surface area contributed by atoms with E-state index in [-0.39, 0.29) is 57.0 Å². The number of carboxylic acid groups (broad SMARTS) is 1. The molecule has 0 spiro atoms. The van der Waals surface area contributed by atoms with Crippen molar-refractivity contribution in [1.29, 1.82) is 0 Å². The number of aliphatic hydroxyl groups excluding tert-OH is 1. The number of halogens is 3. The summed E-state index contributed by atoms with van der Waals surface area (Å²) in [4.78, 5) is 48.4. The molecule has 0 unspecified atom stereocenters. The van der Waals surface area contributed by atoms with Crippen molar-refractivity contribution in [3.8, 4) is 68.2 Å². The summed E-state index contributed by atoms with van der Waals surface area (Å²) in [5.41, 5.74) is 5.97. The number of fused-ring (bicyclic) bond motifs is 4. The first-order chi connectivity index (χ1) is 71.6. The quantitative estimate of drug-likeness (QED) is 0.0102. The van der Waals surface area contributed by atoms with Crippen LogP contribution >= 0.6 is 47.8 Å². The van der Waals surface area contributed by atoms with E-state index < -0.39 is 17.9 Å². The van der Waals surface area contributed by atoms with Crippen LogP contribution in [0.2, 0.25) is 0 Å². The maximum absolute atomic E-state index is 13.3. The number of unbranched alkanes of at least 4 members (excludes halogenated alkanes) is 5. The van der Waals surface area contributed by atoms with Gasteiger partial charge in [-0.1, -0.05) is 192 Å². The summed E-state index contributed by atoms with van der Waals surface area (Å²) < 4.78 is 83.3. The van der Waals surface area contributed by atoms with Gasteiger partial charge in [0, 0.05) is 80.6 Å². The van der Waals surface area contributed by atoms with Crippen molar-refractivity contribution in [2.45, 2.75) is 138 Å². The molecular weight excluding hydrogens is 2070 g/mol. The lowest BCUT2D eigenvalue weighted by Crippen LogP contribution is -2.45. The Kier molecular flexibility index (Phi) is 48.8. The zero-order valence-electron chi connectivity index (χ0n) is 85.7. The number of aliphatic hydroxyl groups is 1. The van der Waals surface area contributed by atoms with Crippen LogP contribution in [-0.4, -0.2) is 217 Å². The molecule has 5 heterocycles. The molecule has 0 aliphatic carbocycles. The molecule has 27 heteroatoms. The number of benzene rings is 12. The zero-order chi connectivity index (χ0) is 105. The minimum Gasteiger partial charge on any atom is -0.508 e. The topological polar surface area (TPSA) is 308 Å². The summed E-state index contributed by atoms with van der Waals surface area (Å²) >= 11 is 10.1. The molecule has 5 fully saturated rings. The predicted molar refractivity (Wildman–Crippen MR) is 589 cm³/mol. The molecule has 790 valence electrons. The molecular formula is C120H145Br3O24. The molecule has 12 aromatic rings. The van der Waals surface area contributed by atoms with Gasteiger partial charge in [-0.2, -0.15) is 0 Å². The van der Waals surface area contributed by atoms with Gasteiger partial charge in [-0.3, -0.25) is 0 Å². The van der Waals surface area contributed by atoms with Crippen LogP contribution in [0.25, 0.3) is 65.3 Å². The summed E-state index contributed by atoms with van der Waals surface area (Å²) in [6.45, 7) is 29.3. The highest BCUT2D eigenvalue weighted by molar-refractivity contribution is 9.09. The van der Waals surface area contributed by atoms with Gasteiger partial charge < -0.3 is 96.6 Å². The van der Waals surface area contributed by atoms with Crippen molar-refractivity contribution in [2.75, 3.05) is 168 Å². The van der Waals surface area contributed by atoms with Crippen LogP contribution < -0.4 is 23.7 Å². The van der Waals surface area contributed by atoms with E-state index in [0.29, 0.717) is 102 Å². The number of aromatic carboxylic acids is 1. The van der Waals surface area contributed by atoms with Crippen LogP contribution in [0.4, 0.5) is 0 Å². The van der Waals surface area contributed by atoms with Crippen molar-refractivity contribution in [3.63, 3.8) is 0 Å². The molecule has 0 atom stereocenters. The summed E-state index contributed by atoms with van der Waals surface area (Å²) in [6.07, 6.45) is 15.8. The molecule has 5 N–H and O–H groups in total. The van der Waals surface area contributed by atoms with Crippen molar-refractivity contribution in [3.05, 3.63) is 265 Å². The van der Waals surface area contributed by atoms with E-state index in [0.717, 1.165) is 247 Å². The van der Waals surface area contributed by atoms with Crippen molar-refractivity contribution in [1.82, 2.24) is 0 Å². The molecule has 5 saturated heterocycles. The molecule has 12 aromatic carbocycles. The second kappa shape index (κ2) is 61.5. The Bertz CT molecular complexity index is 5680. The van der Waals surface area contributed by atoms with Gasteiger partial charge in [-0.25, -0.2) is 19.2 Å². The number of hydrogen-bond acceptors (Lipinski definition) is 23. The van der Waals surface area contributed by atoms with Crippen LogP contribution in [0.15, 0.2) is 243 Å². The summed E-state index contributed by atoms with van der Waals surface area (Å²) in [5, 5.41) is 58.4. The number of alkyl halides is 3. The van der Waals surface area contributed by atoms with E-state index in [9.17, 15) is 29.4 Å². The number of carboxylic acids is 1. The van der Waals surface area contributed by atoms with Gasteiger partial charge in [0.15, 0.2) is 0 Å². The van der Waals surface area contributed by atoms with Crippen LogP contribution in [0.3, 0.4) is 0 Å². The highest BCUT2D eigenvalue weighted by Crippen LogP contribution is 2.46. The SMILES string of the molecule is BrCCCCBr.CCC1(CO)COC1.CCC1(COCCCCBr)COC1.CCC1(COCCCCOc2ccc(C(=O)O)cc2)COC1.CCC1(COCCCCOc2ccc(C(=O)Oc3ccc4cccc(-c5cccc6ccc(OC(=O)c7ccc(OCCCCOCC8(CC)COC8)cc7)cc56)c4c3)cc2)COC1.CCOC(=O)c1ccc(O)cc1.Oc1ccc2ccccc2c1-c1c(O)ccc2ccccc12. The third-order valence-electron chi connectivity index (χ3n) is 27.0. The van der Waals surface area contributed by atoms with Crippen molar-refractivity contribution >= 4 is 115 Å². The van der Waals surface area contributed by atoms with Crippen LogP contribution in [0, 0.1) is 27.1 Å². The zero-order valence-corrected chi connectivity index (χ0v) is 90.5. The highest BCUT2D eigenvalue weighted by Gasteiger charge is 2.40. The molecule has 0 amide bonds. The number of esters is 3. The molecule has 0 aromatic heterocycles. The molecule has 0 bridgehead atoms. The summed E-state index contributed by atoms with van der Waals surface area (Å²) in [7, 11) is 0. The number of phenols is 3. The van der Waals surface area contributed by atoms with E-state index in [1.54, 1.807) is 104 Å². The smallest absolute Gasteiger partial charge is 0.343 e. The Hall–Kier alpha value is -10.6. The molecule has 24 nitrogen and oxygen atoms in total. The maximum Gasteiger partial charge on any atom is 0.343 e. The van der Waals surface area contributed by atoms with Gasteiger partial charge in [-0.15, -0.1) is 0 Å². The van der Waals surface area contributed by atoms with Gasteiger partial charge >= 0.3 is 23.9 Å². The van der Waals surface area contributed by atoms with E-state index in [1.807, 2.05) is 121 Å². The number of rotatable bonds is 48. The van der Waals surface area contributed by atoms with Crippen LogP contribution in [0.1, 0.15) is 179 Å². The number of carbonyl (C=O) groups excluding carboxylic acids is 3. The minimum atomic E-state index is -0.926. The molecule has 0 saturated carbocycles. The normalized spacial score (nSPS) is 14.8. The Balaban J connectivity index is 0.000000199. The molecule has 5 aliphatic heterocycles. The summed E-state index contributed by atoms with van der Waals surface area (Å²) in [5.74, 6) is 1.22. The van der Waals surface area contributed by atoms with Crippen LogP contribution in [-0.2, 0) is 47.4 Å². The predicted octanol–water partition coefficient (Wildman–Crippen LogP) is 26.5. The average molecular weight is 2210 g/mol. The van der Waals surface area contributed by atoms with E-state index in [2.05, 4.69) is 82.4 Å². The van der Waals surface area contributed by atoms with Gasteiger partial charge in [0.05, 0.1) is 148 Å². The van der Waals surface area contributed by atoms with Gasteiger partial charge in [0.25, 0.3) is 0 Å². The minimum absolute atomic E-state index is 0.139. The Labute approximate surface area is 890 Å². The first-order valence-electron chi connectivity index (χ1n) is 51.4. The standard InChI is InChI=1S/C54H58O10.C20H14O2.C17H24O5.C10H19BrO2.C9H10O3.C6H12O2.C4H8Br2/c1-3-53(35-59-36-53)33-57-27-5-7-29-61-43-21-17-41(18-22-43)51(55)63-45-25-15-39-11-9-13-47(49(39)31-45)48-14-10-12-40-16-26-46(32-50(40)48)64-52(56)42-19-23-44(24-20-42)62-30-8-6-28-58-34-54(4-2)37-60-38-54;21-17-11-9-13-5-1-3-7-15(13)19(17)20-16-8-4-2-6-14(16)10-12-18(20)22;1-2-17(12-21-13-17)11-20-9-3-4-10-22-15-7-5-14(6-8-15)16(18)19;1-2-10(8-13-9-10)7-12-6-4-3-5-11;1-2-12-9(11)7-3-5-8(10)6-4-7;1-2-6(3-7)4-8-5-6;5-3-1-2-4-6/h9-26,31-32H,3-8,27-30,33-38H2,1-2H3;1-12,21-22H;5-8H,2-4,9-13H2,1H3,(H,18,19);2-9H2,1H3;3-6,10H,2H2,1H3;7H,2-5H2,1H3;1-4H2. The number of hydrogen-bond donors (Lipinski definition) is 5. The second-order valence-corrected chi connectivity index (χ2v) is 40.3. The van der Waals surface area contributed by atoms with Gasteiger partial charge in [0.1, 0.15) is 46.0 Å². The molecule has 147 heavy (non-hydrogen) atoms. The van der Waals surface area contributed by atoms with Crippen molar-refractivity contribution < 1.29 is 116 Å². The number of carbonyl (C=O) groups is 4. The molecule has 0 radical (unpaired) electrons. The monoisotopic (exact) mass is 2210 g/mol. The Morgan fingerprint density at radius 2 is 0.592 bits per heavy atom. The fraction of sp³-hybridized carbons (Fsp3) is 0.433. The number of aromatic hydroxyl groups is 3. The maximum atomic E-state index is 13.3. The van der Waals surface area contributed by atoms with Crippen molar-refractivity contribution in [2.24, 2.45) is 27.1 Å². The fourth-order valence-corrected chi connectivity index (χ4v) is 17.6. The van der Waals surface area contributed by atoms with Gasteiger partial charge in [-0.05, 0) is 291 Å². The second-order valence-electron chi connectivity index (χ2n) is 37.9. The lowest BCUT2D eigenvalue weighted by Gasteiger charge is -2.40. The lowest BCUT2D eigenvalue weighted by molar-refractivity contribution is -0.150.